The molecule has 1 heterocycles. The normalized spacial score (nSPS) is 10.6. The molecule has 2 aromatic carbocycles. The molecule has 3 heteroatoms. The fraction of sp³-hybridized carbons (Fsp3) is 0.111. The van der Waals surface area contributed by atoms with Crippen LogP contribution in [0.15, 0.2) is 54.6 Å². The van der Waals surface area contributed by atoms with E-state index in [0.29, 0.717) is 5.56 Å². The average molecular weight is 277 g/mol. The predicted molar refractivity (Wildman–Crippen MR) is 83.3 cm³/mol. The van der Waals surface area contributed by atoms with Crippen molar-refractivity contribution in [3.8, 4) is 11.3 Å². The zero-order valence-electron chi connectivity index (χ0n) is 12.0. The molecular weight excluding hydrogens is 262 g/mol. The first-order valence-electron chi connectivity index (χ1n) is 6.74. The molecule has 0 aliphatic heterocycles. The number of carbonyl (C=O) groups is 1. The van der Waals surface area contributed by atoms with Gasteiger partial charge in [0.25, 0.3) is 0 Å². The first-order valence-corrected chi connectivity index (χ1v) is 6.74. The number of aryl methyl sites for hydroxylation is 1. The Balaban J connectivity index is 2.27. The number of benzene rings is 2. The second kappa shape index (κ2) is 5.37. The van der Waals surface area contributed by atoms with Crippen molar-refractivity contribution in [3.63, 3.8) is 0 Å². The zero-order chi connectivity index (χ0) is 14.8. The molecule has 0 aliphatic rings. The van der Waals surface area contributed by atoms with Gasteiger partial charge in [0.05, 0.1) is 23.9 Å². The molecule has 0 aliphatic carbocycles. The van der Waals surface area contributed by atoms with Crippen molar-refractivity contribution in [3.05, 3.63) is 65.7 Å². The third-order valence-electron chi connectivity index (χ3n) is 3.44. The third kappa shape index (κ3) is 2.50. The lowest BCUT2D eigenvalue weighted by Gasteiger charge is -2.09. The minimum Gasteiger partial charge on any atom is -0.465 e. The van der Waals surface area contributed by atoms with E-state index in [4.69, 9.17) is 4.74 Å². The van der Waals surface area contributed by atoms with E-state index in [1.807, 2.05) is 49.4 Å². The average Bonchev–Trinajstić information content (AvgIpc) is 2.53. The van der Waals surface area contributed by atoms with Crippen LogP contribution < -0.4 is 0 Å². The Hall–Kier alpha value is -2.68. The highest BCUT2D eigenvalue weighted by Crippen LogP contribution is 2.25. The number of hydrogen-bond donors (Lipinski definition) is 0. The summed E-state index contributed by atoms with van der Waals surface area (Å²) >= 11 is 0. The van der Waals surface area contributed by atoms with E-state index in [1.54, 1.807) is 6.07 Å². The number of para-hydroxylation sites is 1. The molecule has 3 aromatic rings. The van der Waals surface area contributed by atoms with Gasteiger partial charge in [-0.05, 0) is 25.1 Å². The SMILES string of the molecule is COC(=O)c1cc(-c2cccc(C)c2)nc2ccccc12. The highest BCUT2D eigenvalue weighted by Gasteiger charge is 2.13. The summed E-state index contributed by atoms with van der Waals surface area (Å²) in [5, 5.41) is 0.806. The maximum atomic E-state index is 12.0. The lowest BCUT2D eigenvalue weighted by atomic mass is 10.0. The fourth-order valence-corrected chi connectivity index (χ4v) is 2.41. The van der Waals surface area contributed by atoms with E-state index in [2.05, 4.69) is 11.1 Å². The first-order chi connectivity index (χ1) is 10.2. The van der Waals surface area contributed by atoms with Crippen LogP contribution in [0.4, 0.5) is 0 Å². The quantitative estimate of drug-likeness (QED) is 0.665. The van der Waals surface area contributed by atoms with E-state index in [1.165, 1.54) is 7.11 Å². The van der Waals surface area contributed by atoms with Gasteiger partial charge in [-0.1, -0.05) is 42.0 Å². The molecular formula is C18H15NO2. The standard InChI is InChI=1S/C18H15NO2/c1-12-6-5-7-13(10-12)17-11-15(18(20)21-2)14-8-3-4-9-16(14)19-17/h3-11H,1-2H3. The Bertz CT molecular complexity index is 824. The number of rotatable bonds is 2. The number of aromatic nitrogens is 1. The molecule has 0 saturated carbocycles. The number of esters is 1. The van der Waals surface area contributed by atoms with Crippen molar-refractivity contribution in [1.82, 2.24) is 4.98 Å². The van der Waals surface area contributed by atoms with Gasteiger partial charge in [-0.15, -0.1) is 0 Å². The molecule has 1 aromatic heterocycles. The summed E-state index contributed by atoms with van der Waals surface area (Å²) < 4.78 is 4.89. The number of pyridine rings is 1. The third-order valence-corrected chi connectivity index (χ3v) is 3.44. The van der Waals surface area contributed by atoms with Crippen LogP contribution in [0.5, 0.6) is 0 Å². The first kappa shape index (κ1) is 13.3. The Morgan fingerprint density at radius 1 is 1.05 bits per heavy atom. The lowest BCUT2D eigenvalue weighted by Crippen LogP contribution is -2.03. The molecule has 0 saturated heterocycles. The van der Waals surface area contributed by atoms with Crippen LogP contribution in [0.3, 0.4) is 0 Å². The van der Waals surface area contributed by atoms with Gasteiger partial charge in [0.15, 0.2) is 0 Å². The number of hydrogen-bond acceptors (Lipinski definition) is 3. The zero-order valence-corrected chi connectivity index (χ0v) is 12.0. The Kier molecular flexibility index (Phi) is 3.40. The van der Waals surface area contributed by atoms with Crippen LogP contribution >= 0.6 is 0 Å². The van der Waals surface area contributed by atoms with Crippen LogP contribution in [-0.2, 0) is 4.74 Å². The van der Waals surface area contributed by atoms with Crippen molar-refractivity contribution in [2.45, 2.75) is 6.92 Å². The van der Waals surface area contributed by atoms with E-state index in [-0.39, 0.29) is 5.97 Å². The van der Waals surface area contributed by atoms with Gasteiger partial charge in [-0.25, -0.2) is 9.78 Å². The van der Waals surface area contributed by atoms with Crippen LogP contribution in [0.2, 0.25) is 0 Å². The van der Waals surface area contributed by atoms with Gasteiger partial charge in [0.1, 0.15) is 0 Å². The Morgan fingerprint density at radius 2 is 1.86 bits per heavy atom. The maximum Gasteiger partial charge on any atom is 0.338 e. The number of nitrogens with zero attached hydrogens (tertiary/aromatic N) is 1. The summed E-state index contributed by atoms with van der Waals surface area (Å²) in [6.07, 6.45) is 0. The molecule has 21 heavy (non-hydrogen) atoms. The van der Waals surface area contributed by atoms with Crippen molar-refractivity contribution in [1.29, 1.82) is 0 Å². The van der Waals surface area contributed by atoms with E-state index in [0.717, 1.165) is 27.7 Å². The monoisotopic (exact) mass is 277 g/mol. The minimum atomic E-state index is -0.345. The number of ether oxygens (including phenoxy) is 1. The number of fused-ring (bicyclic) bond motifs is 1. The van der Waals surface area contributed by atoms with Gasteiger partial charge >= 0.3 is 5.97 Å². The summed E-state index contributed by atoms with van der Waals surface area (Å²) in [4.78, 5) is 16.7. The van der Waals surface area contributed by atoms with Crippen LogP contribution in [0.25, 0.3) is 22.2 Å². The molecule has 0 bridgehead atoms. The van der Waals surface area contributed by atoms with Gasteiger partial charge in [-0.3, -0.25) is 0 Å². The van der Waals surface area contributed by atoms with E-state index in [9.17, 15) is 4.79 Å². The van der Waals surface area contributed by atoms with Gasteiger partial charge in [0, 0.05) is 10.9 Å². The van der Waals surface area contributed by atoms with Crippen molar-refractivity contribution < 1.29 is 9.53 Å². The smallest absolute Gasteiger partial charge is 0.338 e. The molecule has 3 nitrogen and oxygen atoms in total. The molecule has 0 spiro atoms. The molecule has 0 amide bonds. The second-order valence-corrected chi connectivity index (χ2v) is 4.93. The summed E-state index contributed by atoms with van der Waals surface area (Å²) in [7, 11) is 1.39. The molecule has 0 unspecified atom stereocenters. The highest BCUT2D eigenvalue weighted by atomic mass is 16.5. The van der Waals surface area contributed by atoms with Gasteiger partial charge < -0.3 is 4.74 Å². The molecule has 3 rings (SSSR count). The molecule has 0 atom stereocenters. The van der Waals surface area contributed by atoms with Crippen LogP contribution in [0, 0.1) is 6.92 Å². The predicted octanol–water partition coefficient (Wildman–Crippen LogP) is 4.00. The van der Waals surface area contributed by atoms with Crippen molar-refractivity contribution in [2.75, 3.05) is 7.11 Å². The highest BCUT2D eigenvalue weighted by molar-refractivity contribution is 6.04. The summed E-state index contributed by atoms with van der Waals surface area (Å²) in [6.45, 7) is 2.03. The maximum absolute atomic E-state index is 12.0. The molecule has 104 valence electrons. The van der Waals surface area contributed by atoms with Crippen molar-refractivity contribution >= 4 is 16.9 Å². The number of methoxy groups -OCH3 is 1. The van der Waals surface area contributed by atoms with E-state index < -0.39 is 0 Å². The fourth-order valence-electron chi connectivity index (χ4n) is 2.41. The molecule has 0 fully saturated rings. The Labute approximate surface area is 123 Å². The minimum absolute atomic E-state index is 0.345. The summed E-state index contributed by atoms with van der Waals surface area (Å²) in [6, 6.07) is 17.5. The van der Waals surface area contributed by atoms with Crippen LogP contribution in [0.1, 0.15) is 15.9 Å². The van der Waals surface area contributed by atoms with Crippen LogP contribution in [-0.4, -0.2) is 18.1 Å². The largest absolute Gasteiger partial charge is 0.465 e. The number of carbonyl (C=O) groups excluding carboxylic acids is 1. The molecule has 0 N–H and O–H groups in total. The summed E-state index contributed by atoms with van der Waals surface area (Å²) in [5.74, 6) is -0.345. The van der Waals surface area contributed by atoms with E-state index >= 15 is 0 Å². The molecule has 0 radical (unpaired) electrons. The summed E-state index contributed by atoms with van der Waals surface area (Å²) in [5.41, 5.74) is 4.25. The van der Waals surface area contributed by atoms with Gasteiger partial charge in [0.2, 0.25) is 0 Å². The van der Waals surface area contributed by atoms with Crippen molar-refractivity contribution in [2.24, 2.45) is 0 Å². The lowest BCUT2D eigenvalue weighted by molar-refractivity contribution is 0.0603. The Morgan fingerprint density at radius 3 is 2.62 bits per heavy atom. The second-order valence-electron chi connectivity index (χ2n) is 4.93. The van der Waals surface area contributed by atoms with Gasteiger partial charge in [-0.2, -0.15) is 0 Å². The topological polar surface area (TPSA) is 39.2 Å².